The van der Waals surface area contributed by atoms with Gasteiger partial charge < -0.3 is 9.36 Å². The van der Waals surface area contributed by atoms with Gasteiger partial charge in [-0.25, -0.2) is 9.86 Å². The summed E-state index contributed by atoms with van der Waals surface area (Å²) in [5.41, 5.74) is 5.07. The third-order valence-corrected chi connectivity index (χ3v) is 7.44. The fraction of sp³-hybridized carbons (Fsp3) is 0.500. The molecule has 0 N–H and O–H groups in total. The Kier molecular flexibility index (Phi) is 11.1. The third-order valence-electron chi connectivity index (χ3n) is 7.44. The maximum Gasteiger partial charge on any atom is 0.395 e. The molecule has 1 aromatic heterocycles. The lowest BCUT2D eigenvalue weighted by Crippen LogP contribution is -2.29. The lowest BCUT2D eigenvalue weighted by molar-refractivity contribution is -0.150. The van der Waals surface area contributed by atoms with Crippen LogP contribution in [-0.4, -0.2) is 22.4 Å². The Morgan fingerprint density at radius 3 is 2.41 bits per heavy atom. The summed E-state index contributed by atoms with van der Waals surface area (Å²) in [5, 5.41) is 5.70. The van der Waals surface area contributed by atoms with Crippen LogP contribution in [0, 0.1) is 0 Å². The largest absolute Gasteiger partial charge is 0.395 e. The molecule has 0 amide bonds. The van der Waals surface area contributed by atoms with Crippen molar-refractivity contribution in [1.29, 1.82) is 0 Å². The number of fused-ring (bicyclic) bond motifs is 1. The van der Waals surface area contributed by atoms with E-state index >= 15 is 0 Å². The van der Waals surface area contributed by atoms with Crippen LogP contribution in [0.5, 0.6) is 0 Å². The highest BCUT2D eigenvalue weighted by Gasteiger charge is 2.21. The minimum absolute atomic E-state index is 0.202. The van der Waals surface area contributed by atoms with Gasteiger partial charge in [0.1, 0.15) is 0 Å². The number of carbonyl (C=O) groups is 2. The Hall–Kier alpha value is -3.48. The Balaban J connectivity index is 1.32. The van der Waals surface area contributed by atoms with Crippen LogP contribution < -0.4 is 5.06 Å². The average molecular weight is 532 g/mol. The second kappa shape index (κ2) is 15.2. The fourth-order valence-corrected chi connectivity index (χ4v) is 5.28. The zero-order valence-electron chi connectivity index (χ0n) is 23.2. The fourth-order valence-electron chi connectivity index (χ4n) is 5.28. The minimum atomic E-state index is -0.912. The number of aromatic nitrogens is 2. The van der Waals surface area contributed by atoms with Gasteiger partial charge in [-0.1, -0.05) is 87.7 Å². The summed E-state index contributed by atoms with van der Waals surface area (Å²) in [6.07, 6.45) is 16.8. The first-order chi connectivity index (χ1) is 19.2. The first-order valence-corrected chi connectivity index (χ1v) is 14.6. The summed E-state index contributed by atoms with van der Waals surface area (Å²) in [7, 11) is 0. The van der Waals surface area contributed by atoms with Gasteiger partial charge in [0, 0.05) is 12.0 Å². The SMILES string of the molecule is CCCCCCCCCCCc1noc(-c2ccc(CN(OC(=O)C=O)c3cccc4c3CCCC4)cc2)n1. The Morgan fingerprint density at radius 2 is 1.67 bits per heavy atom. The molecule has 1 aliphatic carbocycles. The molecule has 0 fully saturated rings. The van der Waals surface area contributed by atoms with E-state index in [4.69, 9.17) is 9.36 Å². The van der Waals surface area contributed by atoms with Gasteiger partial charge >= 0.3 is 5.97 Å². The quantitative estimate of drug-likeness (QED) is 0.0826. The number of aldehydes is 1. The zero-order valence-corrected chi connectivity index (χ0v) is 23.2. The first kappa shape index (κ1) is 28.5. The van der Waals surface area contributed by atoms with Crippen LogP contribution >= 0.6 is 0 Å². The van der Waals surface area contributed by atoms with E-state index in [1.54, 1.807) is 0 Å². The Bertz CT molecular complexity index is 1190. The molecule has 7 heteroatoms. The van der Waals surface area contributed by atoms with Crippen molar-refractivity contribution in [2.75, 3.05) is 5.06 Å². The molecule has 4 rings (SSSR count). The maximum atomic E-state index is 11.9. The van der Waals surface area contributed by atoms with Gasteiger partial charge in [0.2, 0.25) is 6.29 Å². The zero-order chi connectivity index (χ0) is 27.3. The molecule has 0 saturated heterocycles. The Morgan fingerprint density at radius 1 is 0.949 bits per heavy atom. The summed E-state index contributed by atoms with van der Waals surface area (Å²) in [6, 6.07) is 13.8. The average Bonchev–Trinajstić information content (AvgIpc) is 3.45. The van der Waals surface area contributed by atoms with Gasteiger partial charge in [-0.05, 0) is 67.0 Å². The molecular weight excluding hydrogens is 490 g/mol. The molecular formula is C32H41N3O4. The molecule has 0 radical (unpaired) electrons. The summed E-state index contributed by atoms with van der Waals surface area (Å²) < 4.78 is 5.52. The molecule has 0 spiro atoms. The van der Waals surface area contributed by atoms with Gasteiger partial charge in [0.15, 0.2) is 5.82 Å². The van der Waals surface area contributed by atoms with E-state index in [1.807, 2.05) is 36.4 Å². The number of unbranched alkanes of at least 4 members (excludes halogenated alkanes) is 8. The second-order valence-electron chi connectivity index (χ2n) is 10.5. The van der Waals surface area contributed by atoms with Crippen LogP contribution in [-0.2, 0) is 40.2 Å². The van der Waals surface area contributed by atoms with Gasteiger partial charge in [-0.2, -0.15) is 4.98 Å². The van der Waals surface area contributed by atoms with Crippen molar-refractivity contribution in [1.82, 2.24) is 10.1 Å². The first-order valence-electron chi connectivity index (χ1n) is 14.6. The van der Waals surface area contributed by atoms with E-state index in [2.05, 4.69) is 23.1 Å². The summed E-state index contributed by atoms with van der Waals surface area (Å²) in [4.78, 5) is 33.0. The molecule has 0 bridgehead atoms. The molecule has 1 heterocycles. The van der Waals surface area contributed by atoms with E-state index in [1.165, 1.54) is 67.6 Å². The van der Waals surface area contributed by atoms with Crippen molar-refractivity contribution in [2.45, 2.75) is 103 Å². The van der Waals surface area contributed by atoms with E-state index in [9.17, 15) is 9.59 Å². The highest BCUT2D eigenvalue weighted by atomic mass is 16.7. The molecule has 0 unspecified atom stereocenters. The third kappa shape index (κ3) is 8.50. The van der Waals surface area contributed by atoms with Crippen LogP contribution in [0.2, 0.25) is 0 Å². The number of hydrogen-bond donors (Lipinski definition) is 0. The van der Waals surface area contributed by atoms with Crippen molar-refractivity contribution in [2.24, 2.45) is 0 Å². The molecule has 0 aliphatic heterocycles. The number of nitrogens with zero attached hydrogens (tertiary/aromatic N) is 3. The minimum Gasteiger partial charge on any atom is -0.334 e. The lowest BCUT2D eigenvalue weighted by atomic mass is 9.90. The highest BCUT2D eigenvalue weighted by Crippen LogP contribution is 2.32. The van der Waals surface area contributed by atoms with Crippen molar-refractivity contribution in [3.63, 3.8) is 0 Å². The molecule has 208 valence electrons. The standard InChI is InChI=1S/C32H41N3O4/c1-2-3-4-5-6-7-8-9-10-18-30-33-32(38-34-30)27-21-19-25(20-22-27)23-35(39-31(37)24-36)29-17-13-15-26-14-11-12-16-28(26)29/h13,15,17,19-22,24H,2-12,14,16,18,23H2,1H3. The van der Waals surface area contributed by atoms with Gasteiger partial charge in [0.05, 0.1) is 12.2 Å². The van der Waals surface area contributed by atoms with E-state index in [0.717, 1.165) is 61.2 Å². The Labute approximate surface area is 231 Å². The number of aryl methyl sites for hydroxylation is 2. The van der Waals surface area contributed by atoms with Crippen LogP contribution in [0.15, 0.2) is 47.0 Å². The van der Waals surface area contributed by atoms with E-state index < -0.39 is 5.97 Å². The van der Waals surface area contributed by atoms with E-state index in [-0.39, 0.29) is 6.29 Å². The molecule has 0 saturated carbocycles. The topological polar surface area (TPSA) is 85.5 Å². The summed E-state index contributed by atoms with van der Waals surface area (Å²) in [6.45, 7) is 2.58. The summed E-state index contributed by atoms with van der Waals surface area (Å²) in [5.74, 6) is 0.345. The number of hydroxylamine groups is 1. The van der Waals surface area contributed by atoms with Crippen LogP contribution in [0.4, 0.5) is 5.69 Å². The van der Waals surface area contributed by atoms with Crippen molar-refractivity contribution in [3.8, 4) is 11.5 Å². The van der Waals surface area contributed by atoms with Crippen LogP contribution in [0.3, 0.4) is 0 Å². The number of rotatable bonds is 16. The van der Waals surface area contributed by atoms with E-state index in [0.29, 0.717) is 12.4 Å². The number of benzene rings is 2. The van der Waals surface area contributed by atoms with Crippen molar-refractivity contribution < 1.29 is 18.9 Å². The van der Waals surface area contributed by atoms with Crippen LogP contribution in [0.25, 0.3) is 11.5 Å². The predicted octanol–water partition coefficient (Wildman–Crippen LogP) is 7.35. The van der Waals surface area contributed by atoms with Crippen molar-refractivity contribution >= 4 is 17.9 Å². The van der Waals surface area contributed by atoms with Gasteiger partial charge in [-0.15, -0.1) is 0 Å². The summed E-state index contributed by atoms with van der Waals surface area (Å²) >= 11 is 0. The smallest absolute Gasteiger partial charge is 0.334 e. The number of carbonyl (C=O) groups excluding carboxylic acids is 2. The normalized spacial score (nSPS) is 12.6. The number of anilines is 1. The monoisotopic (exact) mass is 531 g/mol. The van der Waals surface area contributed by atoms with Gasteiger partial charge in [-0.3, -0.25) is 4.79 Å². The molecule has 3 aromatic rings. The molecule has 2 aromatic carbocycles. The lowest BCUT2D eigenvalue weighted by Gasteiger charge is -2.27. The second-order valence-corrected chi connectivity index (χ2v) is 10.5. The predicted molar refractivity (Wildman–Crippen MR) is 152 cm³/mol. The molecule has 39 heavy (non-hydrogen) atoms. The van der Waals surface area contributed by atoms with Gasteiger partial charge in [0.25, 0.3) is 5.89 Å². The molecule has 0 atom stereocenters. The molecule has 1 aliphatic rings. The number of hydrogen-bond acceptors (Lipinski definition) is 7. The maximum absolute atomic E-state index is 11.9. The highest BCUT2D eigenvalue weighted by molar-refractivity contribution is 6.20. The molecule has 7 nitrogen and oxygen atoms in total. The van der Waals surface area contributed by atoms with Crippen LogP contribution in [0.1, 0.15) is 100 Å². The van der Waals surface area contributed by atoms with Crippen molar-refractivity contribution in [3.05, 3.63) is 65.0 Å².